The Morgan fingerprint density at radius 1 is 1.11 bits per heavy atom. The van der Waals surface area contributed by atoms with Gasteiger partial charge in [0.1, 0.15) is 0 Å². The molecule has 1 rings (SSSR count). The summed E-state index contributed by atoms with van der Waals surface area (Å²) in [6.45, 7) is 9.46. The molecule has 1 aromatic rings. The van der Waals surface area contributed by atoms with Crippen LogP contribution in [-0.2, 0) is 4.74 Å². The van der Waals surface area contributed by atoms with Gasteiger partial charge in [0, 0.05) is 0 Å². The van der Waals surface area contributed by atoms with Crippen LogP contribution in [0.4, 0.5) is 0 Å². The Morgan fingerprint density at radius 2 is 1.72 bits per heavy atom. The van der Waals surface area contributed by atoms with Crippen molar-refractivity contribution in [1.29, 1.82) is 0 Å². The Morgan fingerprint density at radius 3 is 2.22 bits per heavy atom. The molecule has 0 bridgehead atoms. The number of benzene rings is 1. The Kier molecular flexibility index (Phi) is 6.37. The van der Waals surface area contributed by atoms with E-state index in [-0.39, 0.29) is 6.04 Å². The summed E-state index contributed by atoms with van der Waals surface area (Å²) in [4.78, 5) is 0. The molecule has 2 unspecified atom stereocenters. The van der Waals surface area contributed by atoms with Crippen molar-refractivity contribution >= 4 is 0 Å². The van der Waals surface area contributed by atoms with Gasteiger partial charge in [-0.1, -0.05) is 43.7 Å². The molecule has 0 aliphatic heterocycles. The second-order valence-electron chi connectivity index (χ2n) is 5.53. The lowest BCUT2D eigenvalue weighted by molar-refractivity contribution is 0.0383. The van der Waals surface area contributed by atoms with Gasteiger partial charge in [0.25, 0.3) is 0 Å². The summed E-state index contributed by atoms with van der Waals surface area (Å²) in [6.07, 6.45) is 1.44. The lowest BCUT2D eigenvalue weighted by Gasteiger charge is -2.21. The van der Waals surface area contributed by atoms with Crippen molar-refractivity contribution in [1.82, 2.24) is 5.32 Å². The maximum Gasteiger partial charge on any atom is 0.0665 e. The molecule has 2 heteroatoms. The van der Waals surface area contributed by atoms with Crippen molar-refractivity contribution < 1.29 is 4.74 Å². The fraction of sp³-hybridized carbons (Fsp3) is 0.625. The topological polar surface area (TPSA) is 21.3 Å². The predicted octanol–water partition coefficient (Wildman–Crippen LogP) is 3.71. The van der Waals surface area contributed by atoms with Crippen LogP contribution in [0, 0.1) is 12.8 Å². The van der Waals surface area contributed by atoms with Crippen LogP contribution in [0.5, 0.6) is 0 Å². The van der Waals surface area contributed by atoms with Gasteiger partial charge in [-0.3, -0.25) is 0 Å². The highest BCUT2D eigenvalue weighted by Crippen LogP contribution is 2.16. The van der Waals surface area contributed by atoms with Gasteiger partial charge in [0.2, 0.25) is 0 Å². The molecule has 0 fully saturated rings. The van der Waals surface area contributed by atoms with Crippen LogP contribution in [0.15, 0.2) is 24.3 Å². The van der Waals surface area contributed by atoms with E-state index in [1.54, 1.807) is 0 Å². The van der Waals surface area contributed by atoms with Crippen molar-refractivity contribution in [2.24, 2.45) is 5.92 Å². The number of hydrogen-bond donors (Lipinski definition) is 1. The molecule has 18 heavy (non-hydrogen) atoms. The van der Waals surface area contributed by atoms with E-state index >= 15 is 0 Å². The predicted molar refractivity (Wildman–Crippen MR) is 77.8 cm³/mol. The number of aryl methyl sites for hydroxylation is 1. The average Bonchev–Trinajstić information content (AvgIpc) is 2.31. The molecule has 0 saturated carbocycles. The summed E-state index contributed by atoms with van der Waals surface area (Å²) in [5.74, 6) is 0.687. The van der Waals surface area contributed by atoms with Gasteiger partial charge in [-0.15, -0.1) is 0 Å². The first-order chi connectivity index (χ1) is 8.52. The molecule has 0 heterocycles. The fourth-order valence-corrected chi connectivity index (χ4v) is 2.14. The zero-order chi connectivity index (χ0) is 13.5. The molecule has 0 radical (unpaired) electrons. The van der Waals surface area contributed by atoms with Gasteiger partial charge in [0.15, 0.2) is 0 Å². The molecule has 0 saturated heterocycles. The smallest absolute Gasteiger partial charge is 0.0665 e. The molecule has 0 spiro atoms. The van der Waals surface area contributed by atoms with Crippen molar-refractivity contribution in [3.05, 3.63) is 35.4 Å². The highest BCUT2D eigenvalue weighted by atomic mass is 16.5. The number of hydrogen-bond acceptors (Lipinski definition) is 2. The van der Waals surface area contributed by atoms with Gasteiger partial charge in [-0.05, 0) is 38.8 Å². The molecule has 0 aliphatic carbocycles. The lowest BCUT2D eigenvalue weighted by atomic mass is 10.1. The molecule has 0 aromatic heterocycles. The summed E-state index contributed by atoms with van der Waals surface area (Å²) in [6, 6.07) is 8.93. The molecule has 102 valence electrons. The van der Waals surface area contributed by atoms with E-state index < -0.39 is 0 Å². The number of rotatable bonds is 7. The Balaban J connectivity index is 2.49. The lowest BCUT2D eigenvalue weighted by Crippen LogP contribution is -2.24. The zero-order valence-electron chi connectivity index (χ0n) is 12.4. The monoisotopic (exact) mass is 249 g/mol. The molecular formula is C16H27NO. The first kappa shape index (κ1) is 15.2. The van der Waals surface area contributed by atoms with E-state index in [0.717, 1.165) is 13.0 Å². The van der Waals surface area contributed by atoms with Gasteiger partial charge in [0.05, 0.1) is 18.8 Å². The van der Waals surface area contributed by atoms with Crippen LogP contribution in [0.25, 0.3) is 0 Å². The van der Waals surface area contributed by atoms with Crippen molar-refractivity contribution in [2.45, 2.75) is 46.3 Å². The minimum atomic E-state index is 0.278. The number of ether oxygens (including phenoxy) is 1. The quantitative estimate of drug-likeness (QED) is 0.795. The summed E-state index contributed by atoms with van der Waals surface area (Å²) < 4.78 is 5.93. The largest absolute Gasteiger partial charge is 0.377 e. The molecule has 0 aliphatic rings. The SMILES string of the molecule is CNC(COC(C)CC(C)C)c1ccc(C)cc1. The third-order valence-corrected chi connectivity index (χ3v) is 3.18. The maximum atomic E-state index is 5.93. The average molecular weight is 249 g/mol. The summed E-state index contributed by atoms with van der Waals surface area (Å²) >= 11 is 0. The van der Waals surface area contributed by atoms with E-state index in [2.05, 4.69) is 57.3 Å². The van der Waals surface area contributed by atoms with E-state index in [1.807, 2.05) is 7.05 Å². The van der Waals surface area contributed by atoms with Crippen molar-refractivity contribution in [3.8, 4) is 0 Å². The third-order valence-electron chi connectivity index (χ3n) is 3.18. The van der Waals surface area contributed by atoms with E-state index in [4.69, 9.17) is 4.74 Å². The summed E-state index contributed by atoms with van der Waals surface area (Å²) in [5.41, 5.74) is 2.59. The minimum absolute atomic E-state index is 0.278. The van der Waals surface area contributed by atoms with Crippen LogP contribution in [0.1, 0.15) is 44.4 Å². The maximum absolute atomic E-state index is 5.93. The molecule has 2 atom stereocenters. The second kappa shape index (κ2) is 7.55. The first-order valence-electron chi connectivity index (χ1n) is 6.88. The van der Waals surface area contributed by atoms with Crippen LogP contribution in [0.3, 0.4) is 0 Å². The van der Waals surface area contributed by atoms with Gasteiger partial charge in [-0.25, -0.2) is 0 Å². The summed E-state index contributed by atoms with van der Waals surface area (Å²) in [7, 11) is 1.99. The van der Waals surface area contributed by atoms with E-state index in [1.165, 1.54) is 11.1 Å². The molecular weight excluding hydrogens is 222 g/mol. The van der Waals surface area contributed by atoms with Gasteiger partial charge >= 0.3 is 0 Å². The Bertz CT molecular complexity index is 331. The summed E-state index contributed by atoms with van der Waals surface area (Å²) in [5, 5.41) is 3.32. The highest BCUT2D eigenvalue weighted by molar-refractivity contribution is 5.24. The zero-order valence-corrected chi connectivity index (χ0v) is 12.4. The van der Waals surface area contributed by atoms with Crippen molar-refractivity contribution in [2.75, 3.05) is 13.7 Å². The van der Waals surface area contributed by atoms with Gasteiger partial charge < -0.3 is 10.1 Å². The molecule has 1 aromatic carbocycles. The normalized spacial score (nSPS) is 14.8. The molecule has 0 amide bonds. The Labute approximate surface area is 112 Å². The second-order valence-corrected chi connectivity index (χ2v) is 5.53. The fourth-order valence-electron chi connectivity index (χ4n) is 2.14. The van der Waals surface area contributed by atoms with E-state index in [9.17, 15) is 0 Å². The Hall–Kier alpha value is -0.860. The van der Waals surface area contributed by atoms with Gasteiger partial charge in [-0.2, -0.15) is 0 Å². The third kappa shape index (κ3) is 5.19. The standard InChI is InChI=1S/C16H27NO/c1-12(2)10-14(4)18-11-16(17-5)15-8-6-13(3)7-9-15/h6-9,12,14,16-17H,10-11H2,1-5H3. The van der Waals surface area contributed by atoms with Crippen LogP contribution < -0.4 is 5.32 Å². The van der Waals surface area contributed by atoms with Crippen molar-refractivity contribution in [3.63, 3.8) is 0 Å². The first-order valence-corrected chi connectivity index (χ1v) is 6.88. The van der Waals surface area contributed by atoms with Crippen LogP contribution >= 0.6 is 0 Å². The highest BCUT2D eigenvalue weighted by Gasteiger charge is 2.12. The number of likely N-dealkylation sites (N-methyl/N-ethyl adjacent to an activating group) is 1. The van der Waals surface area contributed by atoms with E-state index in [0.29, 0.717) is 12.0 Å². The van der Waals surface area contributed by atoms with Crippen LogP contribution in [-0.4, -0.2) is 19.8 Å². The number of nitrogens with one attached hydrogen (secondary N) is 1. The minimum Gasteiger partial charge on any atom is -0.377 e. The molecule has 2 nitrogen and oxygen atoms in total. The molecule has 1 N–H and O–H groups in total. The van der Waals surface area contributed by atoms with Crippen LogP contribution in [0.2, 0.25) is 0 Å².